The number of benzene rings is 1. The van der Waals surface area contributed by atoms with E-state index in [2.05, 4.69) is 26.1 Å². The Hall–Kier alpha value is -0.240. The molecule has 0 heterocycles. The zero-order valence-corrected chi connectivity index (χ0v) is 13.0. The summed E-state index contributed by atoms with van der Waals surface area (Å²) >= 11 is 12.1. The lowest BCUT2D eigenvalue weighted by atomic mass is 10.0. The molecule has 0 spiro atoms. The van der Waals surface area contributed by atoms with Gasteiger partial charge in [-0.1, -0.05) is 56.0 Å². The average Bonchev–Trinajstić information content (AvgIpc) is 2.34. The maximum absolute atomic E-state index is 6.23. The lowest BCUT2D eigenvalue weighted by Gasteiger charge is -2.23. The fourth-order valence-corrected chi connectivity index (χ4v) is 2.72. The molecule has 102 valence electrons. The molecule has 0 bridgehead atoms. The highest BCUT2D eigenvalue weighted by molar-refractivity contribution is 6.35. The van der Waals surface area contributed by atoms with Crippen LogP contribution in [-0.2, 0) is 0 Å². The fourth-order valence-electron chi connectivity index (χ4n) is 2.15. The number of unbranched alkanes of at least 4 members (excludes halogenated alkanes) is 1. The Morgan fingerprint density at radius 1 is 1.22 bits per heavy atom. The Bertz CT molecular complexity index is 366. The molecule has 0 aromatic heterocycles. The van der Waals surface area contributed by atoms with Gasteiger partial charge in [0.1, 0.15) is 0 Å². The fraction of sp³-hybridized carbons (Fsp3) is 0.600. The molecule has 1 nitrogen and oxygen atoms in total. The Balaban J connectivity index is 2.65. The summed E-state index contributed by atoms with van der Waals surface area (Å²) in [4.78, 5) is 0. The molecule has 18 heavy (non-hydrogen) atoms. The average molecular weight is 288 g/mol. The minimum atomic E-state index is 0.261. The molecule has 1 N–H and O–H groups in total. The van der Waals surface area contributed by atoms with Crippen LogP contribution in [0.4, 0.5) is 0 Å². The van der Waals surface area contributed by atoms with E-state index in [9.17, 15) is 0 Å². The van der Waals surface area contributed by atoms with Crippen LogP contribution in [0.2, 0.25) is 10.0 Å². The summed E-state index contributed by atoms with van der Waals surface area (Å²) in [5, 5.41) is 5.08. The van der Waals surface area contributed by atoms with Crippen LogP contribution in [0.15, 0.2) is 18.2 Å². The van der Waals surface area contributed by atoms with Crippen LogP contribution >= 0.6 is 23.2 Å². The van der Waals surface area contributed by atoms with E-state index in [1.807, 2.05) is 18.2 Å². The van der Waals surface area contributed by atoms with Crippen LogP contribution in [0.5, 0.6) is 0 Å². The zero-order chi connectivity index (χ0) is 13.5. The van der Waals surface area contributed by atoms with Gasteiger partial charge >= 0.3 is 0 Å². The Labute approximate surface area is 121 Å². The third kappa shape index (κ3) is 4.79. The Morgan fingerprint density at radius 3 is 2.50 bits per heavy atom. The van der Waals surface area contributed by atoms with E-state index in [4.69, 9.17) is 23.2 Å². The summed E-state index contributed by atoms with van der Waals surface area (Å²) in [7, 11) is 0. The predicted molar refractivity (Wildman–Crippen MR) is 81.6 cm³/mol. The molecule has 0 aliphatic carbocycles. The molecule has 0 aliphatic rings. The van der Waals surface area contributed by atoms with E-state index < -0.39 is 0 Å². The summed E-state index contributed by atoms with van der Waals surface area (Å²) in [5.41, 5.74) is 1.12. The molecular formula is C15H23Cl2N. The number of rotatable bonds is 7. The second-order valence-electron chi connectivity index (χ2n) is 4.80. The summed E-state index contributed by atoms with van der Waals surface area (Å²) < 4.78 is 0. The van der Waals surface area contributed by atoms with Crippen LogP contribution in [0, 0.1) is 0 Å². The molecular weight excluding hydrogens is 265 g/mol. The molecule has 2 atom stereocenters. The van der Waals surface area contributed by atoms with Gasteiger partial charge in [-0.15, -0.1) is 0 Å². The Morgan fingerprint density at radius 2 is 1.94 bits per heavy atom. The van der Waals surface area contributed by atoms with Crippen LogP contribution in [0.1, 0.15) is 58.1 Å². The SMILES string of the molecule is CCCCC(CC)NC(C)c1ccc(Cl)cc1Cl. The van der Waals surface area contributed by atoms with Crippen molar-refractivity contribution in [2.24, 2.45) is 0 Å². The highest BCUT2D eigenvalue weighted by atomic mass is 35.5. The summed E-state index contributed by atoms with van der Waals surface area (Å²) in [6.07, 6.45) is 4.89. The van der Waals surface area contributed by atoms with Crippen LogP contribution in [0.3, 0.4) is 0 Å². The lowest BCUT2D eigenvalue weighted by molar-refractivity contribution is 0.410. The maximum atomic E-state index is 6.23. The lowest BCUT2D eigenvalue weighted by Crippen LogP contribution is -2.31. The summed E-state index contributed by atoms with van der Waals surface area (Å²) in [6, 6.07) is 6.54. The van der Waals surface area contributed by atoms with Crippen molar-refractivity contribution in [2.45, 2.75) is 58.5 Å². The molecule has 0 fully saturated rings. The first-order valence-electron chi connectivity index (χ1n) is 6.79. The normalized spacial score (nSPS) is 14.5. The van der Waals surface area contributed by atoms with E-state index in [1.54, 1.807) is 0 Å². The maximum Gasteiger partial charge on any atom is 0.0468 e. The summed E-state index contributed by atoms with van der Waals surface area (Å²) in [6.45, 7) is 6.61. The first-order valence-corrected chi connectivity index (χ1v) is 7.55. The van der Waals surface area contributed by atoms with Gasteiger partial charge in [0.2, 0.25) is 0 Å². The first kappa shape index (κ1) is 15.8. The summed E-state index contributed by atoms with van der Waals surface area (Å²) in [5.74, 6) is 0. The second-order valence-corrected chi connectivity index (χ2v) is 5.65. The van der Waals surface area contributed by atoms with Gasteiger partial charge in [-0.3, -0.25) is 0 Å². The molecule has 0 amide bonds. The monoisotopic (exact) mass is 287 g/mol. The van der Waals surface area contributed by atoms with Crippen molar-refractivity contribution in [3.63, 3.8) is 0 Å². The van der Waals surface area contributed by atoms with Crippen molar-refractivity contribution in [1.29, 1.82) is 0 Å². The van der Waals surface area contributed by atoms with Gasteiger partial charge in [-0.2, -0.15) is 0 Å². The highest BCUT2D eigenvalue weighted by Crippen LogP contribution is 2.26. The van der Waals surface area contributed by atoms with E-state index in [-0.39, 0.29) is 6.04 Å². The third-order valence-electron chi connectivity index (χ3n) is 3.31. The van der Waals surface area contributed by atoms with Crippen molar-refractivity contribution >= 4 is 23.2 Å². The van der Waals surface area contributed by atoms with E-state index in [1.165, 1.54) is 19.3 Å². The van der Waals surface area contributed by atoms with Crippen LogP contribution in [-0.4, -0.2) is 6.04 Å². The van der Waals surface area contributed by atoms with E-state index >= 15 is 0 Å². The van der Waals surface area contributed by atoms with Gasteiger partial charge < -0.3 is 5.32 Å². The van der Waals surface area contributed by atoms with Gasteiger partial charge in [0.05, 0.1) is 0 Å². The number of nitrogens with one attached hydrogen (secondary N) is 1. The van der Waals surface area contributed by atoms with Crippen molar-refractivity contribution in [2.75, 3.05) is 0 Å². The molecule has 0 saturated carbocycles. The number of hydrogen-bond acceptors (Lipinski definition) is 1. The molecule has 1 rings (SSSR count). The highest BCUT2D eigenvalue weighted by Gasteiger charge is 2.14. The first-order chi connectivity index (χ1) is 8.58. The minimum Gasteiger partial charge on any atom is -0.307 e. The minimum absolute atomic E-state index is 0.261. The van der Waals surface area contributed by atoms with E-state index in [0.29, 0.717) is 11.1 Å². The zero-order valence-electron chi connectivity index (χ0n) is 11.5. The van der Waals surface area contributed by atoms with E-state index in [0.717, 1.165) is 17.0 Å². The molecule has 1 aromatic rings. The molecule has 1 aromatic carbocycles. The van der Waals surface area contributed by atoms with Gasteiger partial charge in [-0.25, -0.2) is 0 Å². The van der Waals surface area contributed by atoms with Crippen LogP contribution in [0.25, 0.3) is 0 Å². The van der Waals surface area contributed by atoms with Crippen molar-refractivity contribution < 1.29 is 0 Å². The van der Waals surface area contributed by atoms with Gasteiger partial charge in [0.15, 0.2) is 0 Å². The molecule has 0 saturated heterocycles. The largest absolute Gasteiger partial charge is 0.307 e. The van der Waals surface area contributed by atoms with Crippen molar-refractivity contribution in [3.8, 4) is 0 Å². The standard InChI is InChI=1S/C15H23Cl2N/c1-4-6-7-13(5-2)18-11(3)14-9-8-12(16)10-15(14)17/h8-11,13,18H,4-7H2,1-3H3. The van der Waals surface area contributed by atoms with Gasteiger partial charge in [0, 0.05) is 22.1 Å². The van der Waals surface area contributed by atoms with Crippen LogP contribution < -0.4 is 5.32 Å². The molecule has 0 aliphatic heterocycles. The second kappa shape index (κ2) is 8.04. The number of hydrogen-bond donors (Lipinski definition) is 1. The predicted octanol–water partition coefficient (Wildman–Crippen LogP) is 5.61. The van der Waals surface area contributed by atoms with Gasteiger partial charge in [-0.05, 0) is 37.5 Å². The topological polar surface area (TPSA) is 12.0 Å². The third-order valence-corrected chi connectivity index (χ3v) is 3.88. The molecule has 3 heteroatoms. The van der Waals surface area contributed by atoms with Crippen molar-refractivity contribution in [3.05, 3.63) is 33.8 Å². The quantitative estimate of drug-likeness (QED) is 0.687. The molecule has 0 radical (unpaired) electrons. The number of halogens is 2. The van der Waals surface area contributed by atoms with Gasteiger partial charge in [0.25, 0.3) is 0 Å². The Kier molecular flexibility index (Phi) is 7.06. The molecule has 2 unspecified atom stereocenters. The smallest absolute Gasteiger partial charge is 0.0468 e. The van der Waals surface area contributed by atoms with Crippen molar-refractivity contribution in [1.82, 2.24) is 5.32 Å².